The number of carbonyl (C=O) groups excluding carboxylic acids is 1. The number of piperidine rings is 1. The van der Waals surface area contributed by atoms with Crippen molar-refractivity contribution in [3.63, 3.8) is 0 Å². The van der Waals surface area contributed by atoms with Crippen molar-refractivity contribution in [1.82, 2.24) is 9.47 Å². The largest absolute Gasteiger partial charge is 0.346 e. The summed E-state index contributed by atoms with van der Waals surface area (Å²) >= 11 is 0. The van der Waals surface area contributed by atoms with Gasteiger partial charge in [0.15, 0.2) is 0 Å². The molecule has 112 valence electrons. The zero-order valence-electron chi connectivity index (χ0n) is 12.8. The number of nitrogens with zero attached hydrogens (tertiary/aromatic N) is 2. The minimum Gasteiger partial charge on any atom is -0.346 e. The van der Waals surface area contributed by atoms with Crippen LogP contribution in [0.1, 0.15) is 33.1 Å². The zero-order chi connectivity index (χ0) is 14.8. The molecule has 1 N–H and O–H groups in total. The van der Waals surface area contributed by atoms with Crippen LogP contribution in [-0.2, 0) is 6.54 Å². The smallest absolute Gasteiger partial charge is 0.322 e. The molecule has 2 amide bonds. The van der Waals surface area contributed by atoms with Gasteiger partial charge in [0.2, 0.25) is 0 Å². The third-order valence-electron chi connectivity index (χ3n) is 4.43. The number of aromatic nitrogens is 1. The molecule has 1 aromatic carbocycles. The lowest BCUT2D eigenvalue weighted by molar-refractivity contribution is 0.170. The number of urea groups is 1. The molecule has 0 spiro atoms. The van der Waals surface area contributed by atoms with E-state index >= 15 is 0 Å². The molecule has 0 radical (unpaired) electrons. The summed E-state index contributed by atoms with van der Waals surface area (Å²) < 4.78 is 2.17. The second kappa shape index (κ2) is 5.80. The molecule has 21 heavy (non-hydrogen) atoms. The minimum absolute atomic E-state index is 0.0289. The second-order valence-electron chi connectivity index (χ2n) is 5.81. The maximum absolute atomic E-state index is 12.5. The Bertz CT molecular complexity index is 647. The first kappa shape index (κ1) is 14.0. The number of amides is 2. The Labute approximate surface area is 125 Å². The van der Waals surface area contributed by atoms with Crippen molar-refractivity contribution in [1.29, 1.82) is 0 Å². The van der Waals surface area contributed by atoms with E-state index in [1.807, 2.05) is 23.2 Å². The molecule has 1 atom stereocenters. The summed E-state index contributed by atoms with van der Waals surface area (Å²) in [5.41, 5.74) is 2.08. The van der Waals surface area contributed by atoms with Gasteiger partial charge in [-0.1, -0.05) is 18.2 Å². The van der Waals surface area contributed by atoms with E-state index in [-0.39, 0.29) is 6.03 Å². The van der Waals surface area contributed by atoms with Crippen LogP contribution >= 0.6 is 0 Å². The molecular formula is C17H23N3O. The number of benzene rings is 1. The summed E-state index contributed by atoms with van der Waals surface area (Å²) in [6.07, 6.45) is 5.47. The van der Waals surface area contributed by atoms with Crippen LogP contribution in [-0.4, -0.2) is 28.1 Å². The van der Waals surface area contributed by atoms with Crippen molar-refractivity contribution in [2.75, 3.05) is 11.9 Å². The van der Waals surface area contributed by atoms with E-state index in [1.165, 1.54) is 11.9 Å². The molecule has 1 aliphatic rings. The fourth-order valence-corrected chi connectivity index (χ4v) is 3.19. The first-order chi connectivity index (χ1) is 10.2. The molecule has 1 aromatic heterocycles. The Morgan fingerprint density at radius 1 is 1.33 bits per heavy atom. The number of nitrogens with one attached hydrogen (secondary N) is 1. The molecule has 0 bridgehead atoms. The average molecular weight is 285 g/mol. The minimum atomic E-state index is 0.0289. The molecule has 4 nitrogen and oxygen atoms in total. The SMILES string of the molecule is CCn1cc(NC(=O)N2CCCCC2C)c2ccccc21. The fraction of sp³-hybridized carbons (Fsp3) is 0.471. The number of anilines is 1. The van der Waals surface area contributed by atoms with Gasteiger partial charge in [-0.3, -0.25) is 0 Å². The van der Waals surface area contributed by atoms with Crippen molar-refractivity contribution in [3.05, 3.63) is 30.5 Å². The number of fused-ring (bicyclic) bond motifs is 1. The van der Waals surface area contributed by atoms with E-state index in [1.54, 1.807) is 0 Å². The van der Waals surface area contributed by atoms with Gasteiger partial charge in [-0.2, -0.15) is 0 Å². The molecule has 1 unspecified atom stereocenters. The molecule has 1 aliphatic heterocycles. The van der Waals surface area contributed by atoms with Crippen molar-refractivity contribution in [2.24, 2.45) is 0 Å². The Balaban J connectivity index is 1.86. The molecule has 1 fully saturated rings. The molecule has 4 heteroatoms. The van der Waals surface area contributed by atoms with Crippen molar-refractivity contribution in [2.45, 2.75) is 45.7 Å². The highest BCUT2D eigenvalue weighted by atomic mass is 16.2. The van der Waals surface area contributed by atoms with Gasteiger partial charge in [-0.05, 0) is 39.2 Å². The molecule has 0 saturated carbocycles. The lowest BCUT2D eigenvalue weighted by Crippen LogP contribution is -2.44. The lowest BCUT2D eigenvalue weighted by Gasteiger charge is -2.33. The lowest BCUT2D eigenvalue weighted by atomic mass is 10.0. The number of rotatable bonds is 2. The van der Waals surface area contributed by atoms with Gasteiger partial charge in [-0.15, -0.1) is 0 Å². The Kier molecular flexibility index (Phi) is 3.86. The topological polar surface area (TPSA) is 37.3 Å². The number of hydrogen-bond donors (Lipinski definition) is 1. The maximum atomic E-state index is 12.5. The van der Waals surface area contributed by atoms with Gasteiger partial charge in [0.1, 0.15) is 0 Å². The van der Waals surface area contributed by atoms with Gasteiger partial charge in [-0.25, -0.2) is 4.79 Å². The maximum Gasteiger partial charge on any atom is 0.322 e. The average Bonchev–Trinajstić information content (AvgIpc) is 2.86. The molecule has 0 aliphatic carbocycles. The first-order valence-corrected chi connectivity index (χ1v) is 7.86. The molecule has 2 heterocycles. The van der Waals surface area contributed by atoms with Gasteiger partial charge in [0.25, 0.3) is 0 Å². The highest BCUT2D eigenvalue weighted by molar-refractivity contribution is 6.01. The highest BCUT2D eigenvalue weighted by Gasteiger charge is 2.23. The van der Waals surface area contributed by atoms with Crippen LogP contribution in [0.15, 0.2) is 30.5 Å². The number of carbonyl (C=O) groups is 1. The summed E-state index contributed by atoms with van der Waals surface area (Å²) in [4.78, 5) is 14.5. The summed E-state index contributed by atoms with van der Waals surface area (Å²) in [5, 5.41) is 4.21. The number of para-hydroxylation sites is 1. The number of likely N-dealkylation sites (tertiary alicyclic amines) is 1. The Morgan fingerprint density at radius 2 is 2.14 bits per heavy atom. The van der Waals surface area contributed by atoms with Crippen molar-refractivity contribution < 1.29 is 4.79 Å². The third-order valence-corrected chi connectivity index (χ3v) is 4.43. The standard InChI is InChI=1S/C17H23N3O/c1-3-19-12-15(14-9-4-5-10-16(14)19)18-17(21)20-11-7-6-8-13(20)2/h4-5,9-10,12-13H,3,6-8,11H2,1-2H3,(H,18,21). The summed E-state index contributed by atoms with van der Waals surface area (Å²) in [5.74, 6) is 0. The van der Waals surface area contributed by atoms with Gasteiger partial charge < -0.3 is 14.8 Å². The van der Waals surface area contributed by atoms with Crippen LogP contribution < -0.4 is 5.32 Å². The van der Waals surface area contributed by atoms with Crippen LogP contribution in [0.5, 0.6) is 0 Å². The highest BCUT2D eigenvalue weighted by Crippen LogP contribution is 2.27. The molecular weight excluding hydrogens is 262 g/mol. The van der Waals surface area contributed by atoms with Crippen molar-refractivity contribution >= 4 is 22.6 Å². The van der Waals surface area contributed by atoms with E-state index in [2.05, 4.69) is 35.9 Å². The summed E-state index contributed by atoms with van der Waals surface area (Å²) in [6, 6.07) is 8.57. The monoisotopic (exact) mass is 285 g/mol. The fourth-order valence-electron chi connectivity index (χ4n) is 3.19. The van der Waals surface area contributed by atoms with E-state index in [9.17, 15) is 4.79 Å². The van der Waals surface area contributed by atoms with Crippen molar-refractivity contribution in [3.8, 4) is 0 Å². The van der Waals surface area contributed by atoms with Crippen LogP contribution in [0, 0.1) is 0 Å². The van der Waals surface area contributed by atoms with E-state index < -0.39 is 0 Å². The van der Waals surface area contributed by atoms with Crippen LogP contribution in [0.3, 0.4) is 0 Å². The van der Waals surface area contributed by atoms with Crippen LogP contribution in [0.4, 0.5) is 10.5 Å². The van der Waals surface area contributed by atoms with Gasteiger partial charge in [0.05, 0.1) is 11.2 Å². The second-order valence-corrected chi connectivity index (χ2v) is 5.81. The van der Waals surface area contributed by atoms with E-state index in [0.29, 0.717) is 6.04 Å². The number of hydrogen-bond acceptors (Lipinski definition) is 1. The Morgan fingerprint density at radius 3 is 2.90 bits per heavy atom. The molecule has 3 rings (SSSR count). The first-order valence-electron chi connectivity index (χ1n) is 7.86. The number of aryl methyl sites for hydroxylation is 1. The third kappa shape index (κ3) is 2.62. The van der Waals surface area contributed by atoms with Crippen LogP contribution in [0.25, 0.3) is 10.9 Å². The summed E-state index contributed by atoms with van der Waals surface area (Å²) in [6.45, 7) is 6.01. The zero-order valence-corrected chi connectivity index (χ0v) is 12.8. The molecule has 1 saturated heterocycles. The Hall–Kier alpha value is -1.97. The normalized spacial score (nSPS) is 19.0. The van der Waals surface area contributed by atoms with Crippen LogP contribution in [0.2, 0.25) is 0 Å². The quantitative estimate of drug-likeness (QED) is 0.887. The predicted octanol–water partition coefficient (Wildman–Crippen LogP) is 4.07. The van der Waals surface area contributed by atoms with Gasteiger partial charge in [0, 0.05) is 30.7 Å². The van der Waals surface area contributed by atoms with Gasteiger partial charge >= 0.3 is 6.03 Å². The predicted molar refractivity (Wildman–Crippen MR) is 86.6 cm³/mol. The molecule has 2 aromatic rings. The van der Waals surface area contributed by atoms with E-state index in [4.69, 9.17) is 0 Å². The van der Waals surface area contributed by atoms with E-state index in [0.717, 1.165) is 37.0 Å². The summed E-state index contributed by atoms with van der Waals surface area (Å²) in [7, 11) is 0.